The van der Waals surface area contributed by atoms with E-state index >= 15 is 0 Å². The van der Waals surface area contributed by atoms with Crippen molar-refractivity contribution in [1.82, 2.24) is 15.2 Å². The number of methoxy groups -OCH3 is 2. The van der Waals surface area contributed by atoms with Gasteiger partial charge in [-0.05, 0) is 35.9 Å². The van der Waals surface area contributed by atoms with Crippen LogP contribution in [0.5, 0.6) is 11.5 Å². The van der Waals surface area contributed by atoms with Crippen molar-refractivity contribution >= 4 is 35.1 Å². The highest BCUT2D eigenvalue weighted by Crippen LogP contribution is 2.31. The zero-order valence-electron chi connectivity index (χ0n) is 14.5. The highest BCUT2D eigenvalue weighted by atomic mass is 35.5. The lowest BCUT2D eigenvalue weighted by molar-refractivity contribution is -0.115. The lowest BCUT2D eigenvalue weighted by Crippen LogP contribution is -2.15. The van der Waals surface area contributed by atoms with Crippen LogP contribution in [0.25, 0.3) is 11.4 Å². The Kier molecular flexibility index (Phi) is 5.83. The van der Waals surface area contributed by atoms with Crippen LogP contribution < -0.4 is 14.8 Å². The second kappa shape index (κ2) is 8.28. The van der Waals surface area contributed by atoms with E-state index in [1.54, 1.807) is 44.6 Å². The average molecular weight is 407 g/mol. The third-order valence-electron chi connectivity index (χ3n) is 3.74. The third-order valence-corrected chi connectivity index (χ3v) is 4.48. The number of H-pyrrole nitrogens is 1. The van der Waals surface area contributed by atoms with E-state index in [2.05, 4.69) is 20.5 Å². The molecule has 3 rings (SSSR count). The van der Waals surface area contributed by atoms with Crippen molar-refractivity contribution in [3.05, 3.63) is 52.0 Å². The molecule has 0 atom stereocenters. The molecule has 3 aromatic rings. The predicted molar refractivity (Wildman–Crippen MR) is 104 cm³/mol. The van der Waals surface area contributed by atoms with Gasteiger partial charge in [-0.15, -0.1) is 5.10 Å². The Balaban J connectivity index is 1.70. The van der Waals surface area contributed by atoms with Crippen LogP contribution in [-0.2, 0) is 11.2 Å². The summed E-state index contributed by atoms with van der Waals surface area (Å²) >= 11 is 11.8. The van der Waals surface area contributed by atoms with E-state index in [4.69, 9.17) is 32.7 Å². The fourth-order valence-corrected chi connectivity index (χ4v) is 2.75. The number of carbonyl (C=O) groups is 1. The molecule has 0 bridgehead atoms. The molecular weight excluding hydrogens is 391 g/mol. The number of aromatic nitrogens is 3. The number of ether oxygens (including phenoxy) is 2. The van der Waals surface area contributed by atoms with E-state index in [-0.39, 0.29) is 18.3 Å². The van der Waals surface area contributed by atoms with E-state index in [0.29, 0.717) is 27.4 Å². The Morgan fingerprint density at radius 1 is 1.07 bits per heavy atom. The van der Waals surface area contributed by atoms with Gasteiger partial charge in [0.1, 0.15) is 0 Å². The minimum atomic E-state index is -0.272. The first-order chi connectivity index (χ1) is 13.0. The largest absolute Gasteiger partial charge is 0.493 e. The molecule has 7 nitrogen and oxygen atoms in total. The maximum Gasteiger partial charge on any atom is 0.249 e. The molecule has 1 amide bonds. The van der Waals surface area contributed by atoms with Crippen LogP contribution in [0.15, 0.2) is 36.4 Å². The predicted octanol–water partition coefficient (Wildman–Crippen LogP) is 3.98. The van der Waals surface area contributed by atoms with Gasteiger partial charge >= 0.3 is 0 Å². The molecule has 0 aliphatic heterocycles. The zero-order chi connectivity index (χ0) is 19.4. The molecule has 9 heteroatoms. The first-order valence-corrected chi connectivity index (χ1v) is 8.64. The summed E-state index contributed by atoms with van der Waals surface area (Å²) in [7, 11) is 3.12. The monoisotopic (exact) mass is 406 g/mol. The summed E-state index contributed by atoms with van der Waals surface area (Å²) in [4.78, 5) is 16.5. The van der Waals surface area contributed by atoms with Gasteiger partial charge in [0.25, 0.3) is 0 Å². The van der Waals surface area contributed by atoms with Crippen LogP contribution in [0.2, 0.25) is 10.0 Å². The van der Waals surface area contributed by atoms with Gasteiger partial charge in [0.15, 0.2) is 17.3 Å². The second-order valence-electron chi connectivity index (χ2n) is 5.55. The standard InChI is InChI=1S/C18H16Cl2N4O3/c1-26-14-6-4-11(9-15(14)27-2)17-22-18(24-23-17)21-16(25)8-10-3-5-12(19)13(20)7-10/h3-7,9H,8H2,1-2H3,(H2,21,22,23,24,25). The number of rotatable bonds is 6. The molecule has 0 aliphatic carbocycles. The van der Waals surface area contributed by atoms with Crippen LogP contribution in [-0.4, -0.2) is 35.3 Å². The van der Waals surface area contributed by atoms with E-state index in [1.807, 2.05) is 6.07 Å². The van der Waals surface area contributed by atoms with Gasteiger partial charge in [0.2, 0.25) is 11.9 Å². The van der Waals surface area contributed by atoms with Crippen molar-refractivity contribution in [2.75, 3.05) is 19.5 Å². The number of hydrogen-bond donors (Lipinski definition) is 2. The molecule has 0 saturated heterocycles. The number of hydrogen-bond acceptors (Lipinski definition) is 5. The molecular formula is C18H16Cl2N4O3. The van der Waals surface area contributed by atoms with E-state index < -0.39 is 0 Å². The summed E-state index contributed by atoms with van der Waals surface area (Å²) in [6.07, 6.45) is 0.122. The molecule has 0 spiro atoms. The molecule has 0 fully saturated rings. The molecule has 140 valence electrons. The number of nitrogens with one attached hydrogen (secondary N) is 2. The number of aromatic amines is 1. The average Bonchev–Trinajstić information content (AvgIpc) is 3.12. The van der Waals surface area contributed by atoms with Gasteiger partial charge in [-0.2, -0.15) is 4.98 Å². The van der Waals surface area contributed by atoms with Crippen LogP contribution in [0, 0.1) is 0 Å². The number of nitrogens with zero attached hydrogens (tertiary/aromatic N) is 2. The Labute approximate surface area is 165 Å². The maximum absolute atomic E-state index is 12.2. The van der Waals surface area contributed by atoms with Crippen molar-refractivity contribution in [1.29, 1.82) is 0 Å². The Hall–Kier alpha value is -2.77. The SMILES string of the molecule is COc1ccc(-c2nc(NC(=O)Cc3ccc(Cl)c(Cl)c3)n[nH]2)cc1OC. The number of benzene rings is 2. The molecule has 1 heterocycles. The van der Waals surface area contributed by atoms with Gasteiger partial charge in [0.05, 0.1) is 30.7 Å². The lowest BCUT2D eigenvalue weighted by atomic mass is 10.1. The molecule has 0 radical (unpaired) electrons. The van der Waals surface area contributed by atoms with Crippen LogP contribution in [0.4, 0.5) is 5.95 Å². The van der Waals surface area contributed by atoms with Gasteiger partial charge in [-0.1, -0.05) is 29.3 Å². The minimum Gasteiger partial charge on any atom is -0.493 e. The summed E-state index contributed by atoms with van der Waals surface area (Å²) in [5.74, 6) is 1.56. The van der Waals surface area contributed by atoms with Crippen LogP contribution >= 0.6 is 23.2 Å². The summed E-state index contributed by atoms with van der Waals surface area (Å²) in [5, 5.41) is 10.3. The highest BCUT2D eigenvalue weighted by molar-refractivity contribution is 6.42. The van der Waals surface area contributed by atoms with Crippen LogP contribution in [0.3, 0.4) is 0 Å². The Bertz CT molecular complexity index is 975. The fraction of sp³-hybridized carbons (Fsp3) is 0.167. The first kappa shape index (κ1) is 19.0. The Morgan fingerprint density at radius 2 is 1.85 bits per heavy atom. The normalized spacial score (nSPS) is 10.5. The number of carbonyl (C=O) groups excluding carboxylic acids is 1. The molecule has 0 saturated carbocycles. The number of halogens is 2. The topological polar surface area (TPSA) is 89.1 Å². The second-order valence-corrected chi connectivity index (χ2v) is 6.37. The molecule has 1 aromatic heterocycles. The maximum atomic E-state index is 12.2. The fourth-order valence-electron chi connectivity index (χ4n) is 2.43. The first-order valence-electron chi connectivity index (χ1n) is 7.88. The number of amides is 1. The van der Waals surface area contributed by atoms with Crippen molar-refractivity contribution < 1.29 is 14.3 Å². The van der Waals surface area contributed by atoms with Crippen molar-refractivity contribution in [3.8, 4) is 22.9 Å². The number of anilines is 1. The van der Waals surface area contributed by atoms with E-state index in [9.17, 15) is 4.79 Å². The molecule has 2 N–H and O–H groups in total. The zero-order valence-corrected chi connectivity index (χ0v) is 16.1. The lowest BCUT2D eigenvalue weighted by Gasteiger charge is -2.07. The third kappa shape index (κ3) is 4.50. The molecule has 0 aliphatic rings. The van der Waals surface area contributed by atoms with Crippen molar-refractivity contribution in [2.45, 2.75) is 6.42 Å². The smallest absolute Gasteiger partial charge is 0.249 e. The summed E-state index contributed by atoms with van der Waals surface area (Å²) in [6.45, 7) is 0. The van der Waals surface area contributed by atoms with Crippen molar-refractivity contribution in [2.24, 2.45) is 0 Å². The summed E-state index contributed by atoms with van der Waals surface area (Å²) < 4.78 is 10.5. The molecule has 2 aromatic carbocycles. The summed E-state index contributed by atoms with van der Waals surface area (Å²) in [5.41, 5.74) is 1.47. The van der Waals surface area contributed by atoms with Gasteiger partial charge in [0, 0.05) is 5.56 Å². The van der Waals surface area contributed by atoms with Crippen molar-refractivity contribution in [3.63, 3.8) is 0 Å². The van der Waals surface area contributed by atoms with Gasteiger partial charge in [-0.3, -0.25) is 15.2 Å². The molecule has 0 unspecified atom stereocenters. The molecule has 27 heavy (non-hydrogen) atoms. The quantitative estimate of drug-likeness (QED) is 0.646. The van der Waals surface area contributed by atoms with Crippen LogP contribution in [0.1, 0.15) is 5.56 Å². The highest BCUT2D eigenvalue weighted by Gasteiger charge is 2.12. The minimum absolute atomic E-state index is 0.122. The van der Waals surface area contributed by atoms with Gasteiger partial charge in [-0.25, -0.2) is 0 Å². The Morgan fingerprint density at radius 3 is 2.56 bits per heavy atom. The van der Waals surface area contributed by atoms with E-state index in [0.717, 1.165) is 11.1 Å². The van der Waals surface area contributed by atoms with Gasteiger partial charge < -0.3 is 9.47 Å². The summed E-state index contributed by atoms with van der Waals surface area (Å²) in [6, 6.07) is 10.4. The van der Waals surface area contributed by atoms with E-state index in [1.165, 1.54) is 0 Å².